The van der Waals surface area contributed by atoms with Crippen LogP contribution >= 0.6 is 0 Å². The van der Waals surface area contributed by atoms with Crippen LogP contribution in [0.1, 0.15) is 92.4 Å². The first-order chi connectivity index (χ1) is 15.3. The van der Waals surface area contributed by atoms with Crippen LogP contribution in [0.15, 0.2) is 22.8 Å². The van der Waals surface area contributed by atoms with Crippen molar-refractivity contribution < 1.29 is 14.7 Å². The number of allylic oxidation sites excluding steroid dienone is 1. The number of unbranched alkanes of at least 4 members (excludes halogenated alkanes) is 3. The van der Waals surface area contributed by atoms with Gasteiger partial charge in [-0.3, -0.25) is 0 Å². The normalized spacial score (nSPS) is 19.2. The molecular formula is C27H49NO3Sn. The van der Waals surface area contributed by atoms with Crippen LogP contribution in [-0.4, -0.2) is 52.3 Å². The maximum atomic E-state index is 13.4. The van der Waals surface area contributed by atoms with E-state index in [0.717, 1.165) is 6.42 Å². The molecule has 0 saturated carbocycles. The van der Waals surface area contributed by atoms with Crippen molar-refractivity contribution >= 4 is 30.2 Å². The fourth-order valence-electron chi connectivity index (χ4n) is 5.02. The molecule has 0 spiro atoms. The molecule has 5 heteroatoms. The van der Waals surface area contributed by atoms with Crippen molar-refractivity contribution in [2.24, 2.45) is 11.8 Å². The van der Waals surface area contributed by atoms with Gasteiger partial charge in [0.25, 0.3) is 0 Å². The van der Waals surface area contributed by atoms with E-state index >= 15 is 0 Å². The number of hydrogen-bond donors (Lipinski definition) is 1. The second kappa shape index (κ2) is 15.3. The van der Waals surface area contributed by atoms with Gasteiger partial charge in [-0.25, -0.2) is 0 Å². The average Bonchev–Trinajstić information content (AvgIpc) is 3.17. The quantitative estimate of drug-likeness (QED) is 0.172. The van der Waals surface area contributed by atoms with Crippen molar-refractivity contribution in [3.8, 4) is 0 Å². The van der Waals surface area contributed by atoms with Crippen LogP contribution in [0.2, 0.25) is 13.3 Å². The topological polar surface area (TPSA) is 57.6 Å². The second-order valence-corrected chi connectivity index (χ2v) is 23.1. The Kier molecular flexibility index (Phi) is 14.1. The minimum atomic E-state index is -2.55. The van der Waals surface area contributed by atoms with Gasteiger partial charge in [0.15, 0.2) is 0 Å². The van der Waals surface area contributed by atoms with E-state index in [4.69, 9.17) is 0 Å². The third-order valence-corrected chi connectivity index (χ3v) is 21.3. The Morgan fingerprint density at radius 3 is 2.09 bits per heavy atom. The first-order valence-corrected chi connectivity index (χ1v) is 20.8. The van der Waals surface area contributed by atoms with Crippen LogP contribution in [-0.2, 0) is 9.59 Å². The van der Waals surface area contributed by atoms with Gasteiger partial charge >= 0.3 is 202 Å². The van der Waals surface area contributed by atoms with Crippen molar-refractivity contribution in [3.63, 3.8) is 0 Å². The van der Waals surface area contributed by atoms with Crippen molar-refractivity contribution in [3.05, 3.63) is 22.8 Å². The van der Waals surface area contributed by atoms with E-state index in [1.54, 1.807) is 6.08 Å². The summed E-state index contributed by atoms with van der Waals surface area (Å²) in [7, 11) is 0. The SMILES string of the molecule is C=CC[C@H](C(=O)N1C(=O)CC[C@@H]1C(C)C)[C@H](O)/C=[CH]/[Sn]([CH2]CCC)([CH2]CCC)[CH2]CCC. The van der Waals surface area contributed by atoms with Crippen molar-refractivity contribution in [2.45, 2.75) is 118 Å². The molecule has 0 radical (unpaired) electrons. The van der Waals surface area contributed by atoms with Crippen LogP contribution in [0.3, 0.4) is 0 Å². The Labute approximate surface area is 201 Å². The third kappa shape index (κ3) is 8.62. The number of aliphatic hydroxyl groups excluding tert-OH is 1. The molecule has 0 unspecified atom stereocenters. The summed E-state index contributed by atoms with van der Waals surface area (Å²) in [5.41, 5.74) is 0. The number of carbonyl (C=O) groups excluding carboxylic acids is 2. The molecule has 184 valence electrons. The summed E-state index contributed by atoms with van der Waals surface area (Å²) >= 11 is -2.55. The number of hydrogen-bond acceptors (Lipinski definition) is 3. The zero-order valence-electron chi connectivity index (χ0n) is 21.4. The van der Waals surface area contributed by atoms with Gasteiger partial charge < -0.3 is 0 Å². The number of amides is 2. The fraction of sp³-hybridized carbons (Fsp3) is 0.778. The van der Waals surface area contributed by atoms with E-state index in [9.17, 15) is 14.7 Å². The van der Waals surface area contributed by atoms with E-state index < -0.39 is 30.4 Å². The van der Waals surface area contributed by atoms with Gasteiger partial charge in [0.05, 0.1) is 0 Å². The van der Waals surface area contributed by atoms with Gasteiger partial charge in [0.2, 0.25) is 0 Å². The molecule has 1 saturated heterocycles. The molecule has 3 atom stereocenters. The van der Waals surface area contributed by atoms with Crippen molar-refractivity contribution in [1.82, 2.24) is 4.90 Å². The molecule has 1 N–H and O–H groups in total. The van der Waals surface area contributed by atoms with Gasteiger partial charge in [-0.05, 0) is 0 Å². The van der Waals surface area contributed by atoms with Crippen LogP contribution in [0.4, 0.5) is 0 Å². The zero-order valence-corrected chi connectivity index (χ0v) is 24.3. The maximum absolute atomic E-state index is 13.4. The molecule has 0 aliphatic carbocycles. The van der Waals surface area contributed by atoms with E-state index in [1.165, 1.54) is 56.7 Å². The summed E-state index contributed by atoms with van der Waals surface area (Å²) < 4.78 is 6.41. The molecule has 4 nitrogen and oxygen atoms in total. The molecule has 0 aromatic carbocycles. The molecule has 0 aromatic rings. The molecule has 2 amide bonds. The predicted octanol–water partition coefficient (Wildman–Crippen LogP) is 6.66. The molecule has 1 aliphatic heterocycles. The predicted molar refractivity (Wildman–Crippen MR) is 138 cm³/mol. The number of aliphatic hydroxyl groups is 1. The first kappa shape index (κ1) is 29.4. The third-order valence-electron chi connectivity index (χ3n) is 7.14. The first-order valence-electron chi connectivity index (χ1n) is 13.1. The zero-order chi connectivity index (χ0) is 24.1. The number of imide groups is 1. The number of nitrogens with zero attached hydrogens (tertiary/aromatic N) is 1. The average molecular weight is 554 g/mol. The Morgan fingerprint density at radius 1 is 1.12 bits per heavy atom. The van der Waals surface area contributed by atoms with Gasteiger partial charge in [-0.15, -0.1) is 0 Å². The molecule has 0 aromatic heterocycles. The summed E-state index contributed by atoms with van der Waals surface area (Å²) in [5, 5.41) is 11.2. The van der Waals surface area contributed by atoms with Gasteiger partial charge in [0.1, 0.15) is 0 Å². The fourth-order valence-corrected chi connectivity index (χ4v) is 19.4. The van der Waals surface area contributed by atoms with Crippen LogP contribution < -0.4 is 0 Å². The standard InChI is InChI=1S/C15H22NO3.3C4H9.Sn/c1-5-7-11(13(17)6-2)15(19)16-12(10(3)4)8-9-14(16)18;3*1-3-4-2;/h2,5-6,10-13,17H,1,7-9H2,3-4H3;3*1,3-4H2,2H3;/t11-,12+,13+;;;;/m0..../s1. The second-order valence-electron chi connectivity index (χ2n) is 10.1. The summed E-state index contributed by atoms with van der Waals surface area (Å²) in [6.07, 6.45) is 11.7. The van der Waals surface area contributed by atoms with Gasteiger partial charge in [-0.1, -0.05) is 0 Å². The Balaban J connectivity index is 3.14. The molecule has 1 rings (SSSR count). The van der Waals surface area contributed by atoms with E-state index in [2.05, 4.69) is 45.3 Å². The van der Waals surface area contributed by atoms with Crippen molar-refractivity contribution in [1.29, 1.82) is 0 Å². The Hall–Kier alpha value is -0.621. The number of rotatable bonds is 16. The molecule has 1 heterocycles. The summed E-state index contributed by atoms with van der Waals surface area (Å²) in [5.74, 6) is -0.718. The van der Waals surface area contributed by atoms with E-state index in [1.807, 2.05) is 6.08 Å². The molecule has 32 heavy (non-hydrogen) atoms. The minimum absolute atomic E-state index is 0.0598. The molecule has 1 fully saturated rings. The van der Waals surface area contributed by atoms with Crippen LogP contribution in [0.5, 0.6) is 0 Å². The molecule has 0 bridgehead atoms. The monoisotopic (exact) mass is 555 g/mol. The van der Waals surface area contributed by atoms with Crippen LogP contribution in [0.25, 0.3) is 0 Å². The number of likely N-dealkylation sites (tertiary alicyclic amines) is 1. The molecular weight excluding hydrogens is 505 g/mol. The Bertz CT molecular complexity index is 594. The summed E-state index contributed by atoms with van der Waals surface area (Å²) in [6.45, 7) is 14.7. The van der Waals surface area contributed by atoms with Gasteiger partial charge in [0, 0.05) is 0 Å². The molecule has 1 aliphatic rings. The van der Waals surface area contributed by atoms with Gasteiger partial charge in [-0.2, -0.15) is 0 Å². The summed E-state index contributed by atoms with van der Waals surface area (Å²) in [6, 6.07) is -0.0598. The van der Waals surface area contributed by atoms with Crippen molar-refractivity contribution in [2.75, 3.05) is 0 Å². The summed E-state index contributed by atoms with van der Waals surface area (Å²) in [4.78, 5) is 27.4. The number of carbonyl (C=O) groups is 2. The van der Waals surface area contributed by atoms with E-state index in [0.29, 0.717) is 12.8 Å². The van der Waals surface area contributed by atoms with Crippen LogP contribution in [0, 0.1) is 11.8 Å². The Morgan fingerprint density at radius 2 is 1.66 bits per heavy atom. The van der Waals surface area contributed by atoms with E-state index in [-0.39, 0.29) is 23.8 Å².